The van der Waals surface area contributed by atoms with Crippen LogP contribution in [0, 0.1) is 5.92 Å². The van der Waals surface area contributed by atoms with Gasteiger partial charge in [-0.1, -0.05) is 19.8 Å². The maximum Gasteiger partial charge on any atom is 0.222 e. The van der Waals surface area contributed by atoms with Gasteiger partial charge in [-0.25, -0.2) is 0 Å². The van der Waals surface area contributed by atoms with Crippen molar-refractivity contribution < 1.29 is 4.79 Å². The fourth-order valence-electron chi connectivity index (χ4n) is 2.39. The first-order valence-electron chi connectivity index (χ1n) is 5.66. The molecule has 0 aromatic heterocycles. The molecule has 82 valence electrons. The Balaban J connectivity index is 2.52. The summed E-state index contributed by atoms with van der Waals surface area (Å²) < 4.78 is 0. The lowest BCUT2D eigenvalue weighted by Crippen LogP contribution is -2.40. The van der Waals surface area contributed by atoms with Gasteiger partial charge in [-0.05, 0) is 32.9 Å². The summed E-state index contributed by atoms with van der Waals surface area (Å²) in [5.74, 6) is -0.0420. The molecule has 1 aliphatic rings. The summed E-state index contributed by atoms with van der Waals surface area (Å²) in [6, 6.07) is 0.402. The molecule has 2 atom stereocenters. The number of hydrogen-bond acceptors (Lipinski definition) is 2. The number of hydrogen-bond donors (Lipinski definition) is 1. The Morgan fingerprint density at radius 3 is 2.79 bits per heavy atom. The molecule has 1 rings (SSSR count). The molecule has 3 heteroatoms. The number of carbonyl (C=O) groups excluding carboxylic acids is 1. The maximum atomic E-state index is 11.3. The minimum Gasteiger partial charge on any atom is -0.369 e. The van der Waals surface area contributed by atoms with Gasteiger partial charge in [0, 0.05) is 6.04 Å². The first-order valence-corrected chi connectivity index (χ1v) is 5.66. The van der Waals surface area contributed by atoms with E-state index in [0.717, 1.165) is 32.2 Å². The molecule has 1 saturated heterocycles. The second-order valence-corrected chi connectivity index (χ2v) is 4.34. The van der Waals surface area contributed by atoms with E-state index in [1.54, 1.807) is 0 Å². The van der Waals surface area contributed by atoms with Crippen molar-refractivity contribution in [3.05, 3.63) is 0 Å². The Labute approximate surface area is 86.6 Å². The molecule has 3 nitrogen and oxygen atoms in total. The van der Waals surface area contributed by atoms with Crippen LogP contribution in [0.5, 0.6) is 0 Å². The quantitative estimate of drug-likeness (QED) is 0.725. The summed E-state index contributed by atoms with van der Waals surface area (Å²) in [5.41, 5.74) is 5.45. The van der Waals surface area contributed by atoms with Gasteiger partial charge in [0.25, 0.3) is 0 Å². The molecular formula is C11H22N2O. The van der Waals surface area contributed by atoms with Crippen LogP contribution < -0.4 is 5.73 Å². The number of carbonyl (C=O) groups is 1. The highest BCUT2D eigenvalue weighted by Gasteiger charge is 2.32. The molecule has 2 unspecified atom stereocenters. The van der Waals surface area contributed by atoms with Crippen molar-refractivity contribution in [2.24, 2.45) is 11.7 Å². The van der Waals surface area contributed by atoms with Crippen molar-refractivity contribution >= 4 is 5.91 Å². The van der Waals surface area contributed by atoms with Crippen LogP contribution >= 0.6 is 0 Å². The fraction of sp³-hybridized carbons (Fsp3) is 0.909. The van der Waals surface area contributed by atoms with Crippen molar-refractivity contribution in [1.29, 1.82) is 0 Å². The van der Waals surface area contributed by atoms with E-state index in [9.17, 15) is 4.79 Å². The summed E-state index contributed by atoms with van der Waals surface area (Å²) in [5, 5.41) is 0. The lowest BCUT2D eigenvalue weighted by molar-refractivity contribution is -0.123. The van der Waals surface area contributed by atoms with Gasteiger partial charge in [0.1, 0.15) is 0 Å². The van der Waals surface area contributed by atoms with Crippen LogP contribution in [0.15, 0.2) is 0 Å². The minimum atomic E-state index is -0.114. The number of rotatable bonds is 5. The van der Waals surface area contributed by atoms with Gasteiger partial charge in [0.2, 0.25) is 5.91 Å². The molecule has 0 aromatic carbocycles. The molecule has 0 aromatic rings. The third-order valence-corrected chi connectivity index (χ3v) is 3.28. The summed E-state index contributed by atoms with van der Waals surface area (Å²) in [7, 11) is 2.10. The van der Waals surface area contributed by atoms with Crippen LogP contribution in [0.1, 0.15) is 39.0 Å². The van der Waals surface area contributed by atoms with E-state index in [1.165, 1.54) is 6.42 Å². The third kappa shape index (κ3) is 2.71. The van der Waals surface area contributed by atoms with E-state index < -0.39 is 0 Å². The van der Waals surface area contributed by atoms with E-state index in [4.69, 9.17) is 5.73 Å². The number of amides is 1. The van der Waals surface area contributed by atoms with E-state index in [0.29, 0.717) is 6.04 Å². The van der Waals surface area contributed by atoms with Crippen LogP contribution in [-0.4, -0.2) is 30.4 Å². The van der Waals surface area contributed by atoms with Crippen LogP contribution in [0.2, 0.25) is 0 Å². The molecule has 2 N–H and O–H groups in total. The Hall–Kier alpha value is -0.570. The van der Waals surface area contributed by atoms with Crippen LogP contribution in [0.25, 0.3) is 0 Å². The molecule has 14 heavy (non-hydrogen) atoms. The molecule has 0 radical (unpaired) electrons. The highest BCUT2D eigenvalue weighted by atomic mass is 16.1. The molecule has 0 bridgehead atoms. The van der Waals surface area contributed by atoms with Gasteiger partial charge in [-0.3, -0.25) is 4.79 Å². The molecule has 0 aliphatic carbocycles. The van der Waals surface area contributed by atoms with E-state index in [1.807, 2.05) is 0 Å². The molecule has 0 saturated carbocycles. The summed E-state index contributed by atoms with van der Waals surface area (Å²) >= 11 is 0. The van der Waals surface area contributed by atoms with Gasteiger partial charge < -0.3 is 10.6 Å². The van der Waals surface area contributed by atoms with Crippen molar-refractivity contribution in [3.63, 3.8) is 0 Å². The number of nitrogens with zero attached hydrogens (tertiary/aromatic N) is 1. The van der Waals surface area contributed by atoms with E-state index in [2.05, 4.69) is 18.9 Å². The van der Waals surface area contributed by atoms with Crippen molar-refractivity contribution in [2.75, 3.05) is 13.6 Å². The Kier molecular flexibility index (Phi) is 4.39. The molecule has 0 spiro atoms. The molecule has 1 fully saturated rings. The van der Waals surface area contributed by atoms with Gasteiger partial charge >= 0.3 is 0 Å². The fourth-order valence-corrected chi connectivity index (χ4v) is 2.39. The Bertz CT molecular complexity index is 194. The SMILES string of the molecule is CCCCC(C(N)=O)C1CCCN1C. The second-order valence-electron chi connectivity index (χ2n) is 4.34. The van der Waals surface area contributed by atoms with E-state index >= 15 is 0 Å². The van der Waals surface area contributed by atoms with Crippen LogP contribution in [0.4, 0.5) is 0 Å². The molecular weight excluding hydrogens is 176 g/mol. The predicted molar refractivity (Wildman–Crippen MR) is 57.9 cm³/mol. The van der Waals surface area contributed by atoms with Crippen molar-refractivity contribution in [3.8, 4) is 0 Å². The van der Waals surface area contributed by atoms with E-state index in [-0.39, 0.29) is 11.8 Å². The third-order valence-electron chi connectivity index (χ3n) is 3.28. The smallest absolute Gasteiger partial charge is 0.222 e. The van der Waals surface area contributed by atoms with Gasteiger partial charge in [0.05, 0.1) is 5.92 Å². The number of unbranched alkanes of at least 4 members (excludes halogenated alkanes) is 1. The van der Waals surface area contributed by atoms with Crippen molar-refractivity contribution in [2.45, 2.75) is 45.1 Å². The zero-order valence-electron chi connectivity index (χ0n) is 9.33. The standard InChI is InChI=1S/C11H22N2O/c1-3-4-6-9(11(12)14)10-7-5-8-13(10)2/h9-10H,3-8H2,1-2H3,(H2,12,14). The topological polar surface area (TPSA) is 46.3 Å². The lowest BCUT2D eigenvalue weighted by Gasteiger charge is -2.26. The number of likely N-dealkylation sites (tertiary alicyclic amines) is 1. The average molecular weight is 198 g/mol. The van der Waals surface area contributed by atoms with Gasteiger partial charge in [-0.2, -0.15) is 0 Å². The average Bonchev–Trinajstić information content (AvgIpc) is 2.52. The van der Waals surface area contributed by atoms with Crippen molar-refractivity contribution in [1.82, 2.24) is 4.90 Å². The molecule has 1 heterocycles. The second kappa shape index (κ2) is 5.35. The summed E-state index contributed by atoms with van der Waals surface area (Å²) in [6.07, 6.45) is 5.55. The zero-order chi connectivity index (χ0) is 10.6. The summed E-state index contributed by atoms with van der Waals surface area (Å²) in [4.78, 5) is 13.6. The first kappa shape index (κ1) is 11.5. The number of primary amides is 1. The monoisotopic (exact) mass is 198 g/mol. The predicted octanol–water partition coefficient (Wildman–Crippen LogP) is 1.37. The highest BCUT2D eigenvalue weighted by molar-refractivity contribution is 5.77. The largest absolute Gasteiger partial charge is 0.369 e. The Morgan fingerprint density at radius 2 is 2.36 bits per heavy atom. The van der Waals surface area contributed by atoms with Crippen LogP contribution in [-0.2, 0) is 4.79 Å². The maximum absolute atomic E-state index is 11.3. The van der Waals surface area contributed by atoms with Crippen LogP contribution in [0.3, 0.4) is 0 Å². The highest BCUT2D eigenvalue weighted by Crippen LogP contribution is 2.25. The minimum absolute atomic E-state index is 0.0717. The lowest BCUT2D eigenvalue weighted by atomic mass is 9.91. The molecule has 1 aliphatic heterocycles. The molecule has 1 amide bonds. The first-order chi connectivity index (χ1) is 6.66. The normalized spacial score (nSPS) is 25.1. The van der Waals surface area contributed by atoms with Gasteiger partial charge in [-0.15, -0.1) is 0 Å². The summed E-state index contributed by atoms with van der Waals surface area (Å²) in [6.45, 7) is 3.26. The van der Waals surface area contributed by atoms with Gasteiger partial charge in [0.15, 0.2) is 0 Å². The Morgan fingerprint density at radius 1 is 1.64 bits per heavy atom. The number of nitrogens with two attached hydrogens (primary N) is 1. The zero-order valence-corrected chi connectivity index (χ0v) is 9.33.